The lowest BCUT2D eigenvalue weighted by Crippen LogP contribution is -2.24. The molecule has 0 bridgehead atoms. The van der Waals surface area contributed by atoms with Gasteiger partial charge >= 0.3 is 0 Å². The fraction of sp³-hybridized carbons (Fsp3) is 0.750. The minimum Gasteiger partial charge on any atom is -0.343 e. The molecule has 0 radical (unpaired) electrons. The van der Waals surface area contributed by atoms with Crippen molar-refractivity contribution in [1.82, 2.24) is 15.2 Å². The molecular formula is C12H21BrN4. The molecule has 0 spiro atoms. The molecule has 0 saturated heterocycles. The van der Waals surface area contributed by atoms with Crippen molar-refractivity contribution in [3.63, 3.8) is 0 Å². The first-order valence-electron chi connectivity index (χ1n) is 6.16. The molecule has 1 atom stereocenters. The van der Waals surface area contributed by atoms with Crippen LogP contribution in [0.5, 0.6) is 0 Å². The Labute approximate surface area is 112 Å². The van der Waals surface area contributed by atoms with Crippen molar-refractivity contribution in [1.29, 1.82) is 0 Å². The highest BCUT2D eigenvalue weighted by Gasteiger charge is 2.10. The first kappa shape index (κ1) is 14.4. The zero-order valence-electron chi connectivity index (χ0n) is 11.1. The van der Waals surface area contributed by atoms with E-state index in [1.54, 1.807) is 0 Å². The first-order chi connectivity index (χ1) is 8.08. The van der Waals surface area contributed by atoms with Gasteiger partial charge in [0.1, 0.15) is 0 Å². The van der Waals surface area contributed by atoms with Gasteiger partial charge in [-0.15, -0.1) is 5.10 Å². The Morgan fingerprint density at radius 3 is 2.35 bits per heavy atom. The summed E-state index contributed by atoms with van der Waals surface area (Å²) >= 11 is 3.54. The standard InChI is InChI=1S/C12H21BrN4/c1-5-10-11(6-2)15-16-12(14-10)17(4)8-7-9(3)13/h9H,5-8H2,1-4H3. The Morgan fingerprint density at radius 1 is 1.18 bits per heavy atom. The van der Waals surface area contributed by atoms with Crippen LogP contribution in [0.2, 0.25) is 0 Å². The monoisotopic (exact) mass is 300 g/mol. The van der Waals surface area contributed by atoms with Crippen LogP contribution in [0.25, 0.3) is 0 Å². The van der Waals surface area contributed by atoms with Gasteiger partial charge in [-0.05, 0) is 19.3 Å². The average molecular weight is 301 g/mol. The van der Waals surface area contributed by atoms with E-state index in [1.165, 1.54) is 0 Å². The van der Waals surface area contributed by atoms with Crippen molar-refractivity contribution < 1.29 is 0 Å². The predicted octanol–water partition coefficient (Wildman–Crippen LogP) is 2.61. The van der Waals surface area contributed by atoms with Gasteiger partial charge in [-0.2, -0.15) is 5.10 Å². The summed E-state index contributed by atoms with van der Waals surface area (Å²) < 4.78 is 0. The lowest BCUT2D eigenvalue weighted by Gasteiger charge is -2.18. The largest absolute Gasteiger partial charge is 0.343 e. The third-order valence-corrected chi connectivity index (χ3v) is 3.16. The number of aromatic nitrogens is 3. The predicted molar refractivity (Wildman–Crippen MR) is 74.9 cm³/mol. The first-order valence-corrected chi connectivity index (χ1v) is 7.07. The molecule has 0 aliphatic heterocycles. The molecule has 1 heterocycles. The average Bonchev–Trinajstić information content (AvgIpc) is 2.34. The summed E-state index contributed by atoms with van der Waals surface area (Å²) in [5.74, 6) is 0.729. The number of nitrogens with zero attached hydrogens (tertiary/aromatic N) is 4. The minimum absolute atomic E-state index is 0.512. The summed E-state index contributed by atoms with van der Waals surface area (Å²) in [5.41, 5.74) is 2.08. The second kappa shape index (κ2) is 6.89. The van der Waals surface area contributed by atoms with Crippen molar-refractivity contribution in [2.45, 2.75) is 44.9 Å². The van der Waals surface area contributed by atoms with Crippen LogP contribution in [-0.4, -0.2) is 33.6 Å². The Balaban J connectivity index is 2.77. The van der Waals surface area contributed by atoms with Crippen LogP contribution < -0.4 is 4.90 Å². The fourth-order valence-electron chi connectivity index (χ4n) is 1.56. The highest BCUT2D eigenvalue weighted by Crippen LogP contribution is 2.11. The zero-order valence-corrected chi connectivity index (χ0v) is 12.7. The van der Waals surface area contributed by atoms with Gasteiger partial charge in [0.2, 0.25) is 5.95 Å². The molecule has 0 N–H and O–H groups in total. The number of halogens is 1. The van der Waals surface area contributed by atoms with Crippen LogP contribution in [0.4, 0.5) is 5.95 Å². The molecule has 17 heavy (non-hydrogen) atoms. The summed E-state index contributed by atoms with van der Waals surface area (Å²) in [5, 5.41) is 8.44. The molecule has 1 aromatic heterocycles. The normalized spacial score (nSPS) is 12.5. The number of aryl methyl sites for hydroxylation is 2. The molecule has 5 heteroatoms. The van der Waals surface area contributed by atoms with E-state index in [0.717, 1.165) is 43.1 Å². The topological polar surface area (TPSA) is 41.9 Å². The Morgan fingerprint density at radius 2 is 1.82 bits per heavy atom. The van der Waals surface area contributed by atoms with Gasteiger partial charge in [0.15, 0.2) is 0 Å². The molecule has 0 aromatic carbocycles. The van der Waals surface area contributed by atoms with E-state index in [9.17, 15) is 0 Å². The SMILES string of the molecule is CCc1nnc(N(C)CCC(C)Br)nc1CC. The number of rotatable bonds is 6. The number of alkyl halides is 1. The van der Waals surface area contributed by atoms with E-state index in [4.69, 9.17) is 0 Å². The zero-order chi connectivity index (χ0) is 12.8. The van der Waals surface area contributed by atoms with Crippen LogP contribution in [-0.2, 0) is 12.8 Å². The molecule has 1 unspecified atom stereocenters. The van der Waals surface area contributed by atoms with Gasteiger partial charge in [-0.1, -0.05) is 36.7 Å². The van der Waals surface area contributed by atoms with Crippen molar-refractivity contribution in [3.8, 4) is 0 Å². The maximum atomic E-state index is 4.58. The Hall–Kier alpha value is -0.710. The minimum atomic E-state index is 0.512. The van der Waals surface area contributed by atoms with Crippen molar-refractivity contribution in [2.24, 2.45) is 0 Å². The Kier molecular flexibility index (Phi) is 5.82. The third kappa shape index (κ3) is 4.22. The van der Waals surface area contributed by atoms with Crippen LogP contribution >= 0.6 is 15.9 Å². The lowest BCUT2D eigenvalue weighted by molar-refractivity contribution is 0.735. The Bertz CT molecular complexity index is 354. The molecule has 0 aliphatic rings. The molecule has 0 aliphatic carbocycles. The second-order valence-corrected chi connectivity index (χ2v) is 5.77. The van der Waals surface area contributed by atoms with Gasteiger partial charge in [-0.25, -0.2) is 4.98 Å². The van der Waals surface area contributed by atoms with Crippen molar-refractivity contribution in [2.75, 3.05) is 18.5 Å². The van der Waals surface area contributed by atoms with Crippen LogP contribution in [0, 0.1) is 0 Å². The smallest absolute Gasteiger partial charge is 0.245 e. The second-order valence-electron chi connectivity index (χ2n) is 4.20. The number of hydrogen-bond acceptors (Lipinski definition) is 4. The van der Waals surface area contributed by atoms with Gasteiger partial charge in [-0.3, -0.25) is 0 Å². The summed E-state index contributed by atoms with van der Waals surface area (Å²) in [6.07, 6.45) is 2.87. The number of anilines is 1. The number of hydrogen-bond donors (Lipinski definition) is 0. The quantitative estimate of drug-likeness (QED) is 0.757. The summed E-state index contributed by atoms with van der Waals surface area (Å²) in [6.45, 7) is 7.27. The van der Waals surface area contributed by atoms with Gasteiger partial charge in [0, 0.05) is 18.4 Å². The lowest BCUT2D eigenvalue weighted by atomic mass is 10.2. The summed E-state index contributed by atoms with van der Waals surface area (Å²) in [6, 6.07) is 0. The molecule has 0 fully saturated rings. The maximum Gasteiger partial charge on any atom is 0.245 e. The van der Waals surface area contributed by atoms with Crippen molar-refractivity contribution >= 4 is 21.9 Å². The highest BCUT2D eigenvalue weighted by atomic mass is 79.9. The summed E-state index contributed by atoms with van der Waals surface area (Å²) in [7, 11) is 2.01. The fourth-order valence-corrected chi connectivity index (χ4v) is 1.77. The van der Waals surface area contributed by atoms with E-state index in [-0.39, 0.29) is 0 Å². The summed E-state index contributed by atoms with van der Waals surface area (Å²) in [4.78, 5) is 7.15. The molecule has 0 saturated carbocycles. The third-order valence-electron chi connectivity index (χ3n) is 2.70. The van der Waals surface area contributed by atoms with E-state index in [0.29, 0.717) is 4.83 Å². The molecule has 4 nitrogen and oxygen atoms in total. The molecule has 0 amide bonds. The highest BCUT2D eigenvalue weighted by molar-refractivity contribution is 9.09. The molecule has 96 valence electrons. The van der Waals surface area contributed by atoms with E-state index < -0.39 is 0 Å². The van der Waals surface area contributed by atoms with Gasteiger partial charge < -0.3 is 4.90 Å². The molecule has 1 rings (SSSR count). The van der Waals surface area contributed by atoms with Gasteiger partial charge in [0.05, 0.1) is 11.4 Å². The maximum absolute atomic E-state index is 4.58. The van der Waals surface area contributed by atoms with Crippen LogP contribution in [0.1, 0.15) is 38.6 Å². The van der Waals surface area contributed by atoms with Gasteiger partial charge in [0.25, 0.3) is 0 Å². The van der Waals surface area contributed by atoms with Crippen LogP contribution in [0.3, 0.4) is 0 Å². The van der Waals surface area contributed by atoms with Crippen molar-refractivity contribution in [3.05, 3.63) is 11.4 Å². The molecular weight excluding hydrogens is 280 g/mol. The van der Waals surface area contributed by atoms with Crippen LogP contribution in [0.15, 0.2) is 0 Å². The van der Waals surface area contributed by atoms with E-state index in [1.807, 2.05) is 7.05 Å². The molecule has 1 aromatic rings. The van der Waals surface area contributed by atoms with E-state index >= 15 is 0 Å². The van der Waals surface area contributed by atoms with E-state index in [2.05, 4.69) is 56.8 Å².